The van der Waals surface area contributed by atoms with Gasteiger partial charge in [-0.1, -0.05) is 30.7 Å². The summed E-state index contributed by atoms with van der Waals surface area (Å²) in [6.07, 6.45) is 9.36. The average Bonchev–Trinajstić information content (AvgIpc) is 2.70. The van der Waals surface area contributed by atoms with Crippen LogP contribution >= 0.6 is 24.8 Å². The number of halogens is 2. The van der Waals surface area contributed by atoms with E-state index >= 15 is 0 Å². The zero-order chi connectivity index (χ0) is 19.3. The average molecular weight is 451 g/mol. The molecule has 2 saturated carbocycles. The fraction of sp³-hybridized carbons (Fsp3) is 0.478. The summed E-state index contributed by atoms with van der Waals surface area (Å²) in [6.45, 7) is 1.01. The molecule has 1 aromatic heterocycles. The van der Waals surface area contributed by atoms with Crippen LogP contribution in [0.1, 0.15) is 37.7 Å². The molecule has 0 aliphatic heterocycles. The van der Waals surface area contributed by atoms with Gasteiger partial charge in [0.1, 0.15) is 0 Å². The largest absolute Gasteiger partial charge is 0.358 e. The fourth-order valence-electron chi connectivity index (χ4n) is 5.02. The summed E-state index contributed by atoms with van der Waals surface area (Å²) >= 11 is 0. The molecule has 30 heavy (non-hydrogen) atoms. The first-order valence-electron chi connectivity index (χ1n) is 10.4. The van der Waals surface area contributed by atoms with Gasteiger partial charge in [0.2, 0.25) is 5.91 Å². The van der Waals surface area contributed by atoms with E-state index in [1.165, 1.54) is 19.3 Å². The number of carbonyl (C=O) groups is 1. The molecule has 2 bridgehead atoms. The summed E-state index contributed by atoms with van der Waals surface area (Å²) in [5, 5.41) is 3.38. The monoisotopic (exact) mass is 450 g/mol. The molecule has 1 heterocycles. The van der Waals surface area contributed by atoms with E-state index in [0.29, 0.717) is 31.0 Å². The first-order valence-corrected chi connectivity index (χ1v) is 10.4. The van der Waals surface area contributed by atoms with Gasteiger partial charge in [0.15, 0.2) is 0 Å². The van der Waals surface area contributed by atoms with Crippen molar-refractivity contribution in [3.63, 3.8) is 0 Å². The number of pyridine rings is 1. The maximum Gasteiger partial charge on any atom is 0.239 e. The summed E-state index contributed by atoms with van der Waals surface area (Å²) in [6, 6.07) is 14.7. The first-order chi connectivity index (χ1) is 13.7. The highest BCUT2D eigenvalue weighted by Crippen LogP contribution is 2.39. The molecule has 4 rings (SSSR count). The molecule has 5 nitrogen and oxygen atoms in total. The van der Waals surface area contributed by atoms with Crippen LogP contribution in [0.2, 0.25) is 0 Å². The number of anilines is 1. The molecule has 164 valence electrons. The topological polar surface area (TPSA) is 71.2 Å². The molecule has 2 fully saturated rings. The lowest BCUT2D eigenvalue weighted by atomic mass is 9.67. The summed E-state index contributed by atoms with van der Waals surface area (Å²) in [5.74, 6) is 1.18. The molecule has 2 atom stereocenters. The number of hydrogen-bond acceptors (Lipinski definition) is 4. The van der Waals surface area contributed by atoms with Gasteiger partial charge in [-0.25, -0.2) is 0 Å². The van der Waals surface area contributed by atoms with Crippen molar-refractivity contribution < 1.29 is 4.79 Å². The molecule has 1 aromatic carbocycles. The number of rotatable bonds is 6. The van der Waals surface area contributed by atoms with Crippen LogP contribution in [0, 0.1) is 11.8 Å². The van der Waals surface area contributed by atoms with E-state index in [4.69, 9.17) is 5.73 Å². The minimum atomic E-state index is 0. The Labute approximate surface area is 191 Å². The van der Waals surface area contributed by atoms with Crippen molar-refractivity contribution in [2.45, 2.75) is 50.7 Å². The number of nitrogens with two attached hydrogens (primary N) is 1. The van der Waals surface area contributed by atoms with E-state index in [1.807, 2.05) is 36.5 Å². The number of hydrogen-bond donors (Lipinski definition) is 2. The van der Waals surface area contributed by atoms with Gasteiger partial charge in [-0.3, -0.25) is 9.78 Å². The molecule has 0 radical (unpaired) electrons. The number of fused-ring (bicyclic) bond motifs is 2. The normalized spacial score (nSPS) is 24.7. The lowest BCUT2D eigenvalue weighted by molar-refractivity contribution is -0.122. The van der Waals surface area contributed by atoms with Crippen molar-refractivity contribution in [3.05, 3.63) is 60.4 Å². The maximum absolute atomic E-state index is 13.0. The first kappa shape index (κ1) is 24.4. The third-order valence-corrected chi connectivity index (χ3v) is 6.26. The van der Waals surface area contributed by atoms with Gasteiger partial charge >= 0.3 is 0 Å². The van der Waals surface area contributed by atoms with Gasteiger partial charge in [-0.2, -0.15) is 0 Å². The van der Waals surface area contributed by atoms with E-state index in [-0.39, 0.29) is 36.8 Å². The van der Waals surface area contributed by atoms with Crippen LogP contribution in [-0.4, -0.2) is 29.5 Å². The third kappa shape index (κ3) is 6.10. The predicted molar refractivity (Wildman–Crippen MR) is 126 cm³/mol. The molecule has 0 spiro atoms. The van der Waals surface area contributed by atoms with Crippen molar-refractivity contribution in [1.82, 2.24) is 10.3 Å². The smallest absolute Gasteiger partial charge is 0.239 e. The molecular formula is C23H32Cl2N4O. The Morgan fingerprint density at radius 1 is 1.07 bits per heavy atom. The summed E-state index contributed by atoms with van der Waals surface area (Å²) in [7, 11) is 0. The lowest BCUT2D eigenvalue weighted by Gasteiger charge is -2.45. The standard InChI is InChI=1S/C23H30N4O.2ClH/c24-20-12-18-7-4-8-19(13-20)23(18)26-22(28)16-27(21-9-2-1-3-10-21)15-17-6-5-11-25-14-17;;/h1-3,5-6,9-11,14,18-20,23H,4,7-8,12-13,15-16,24H2,(H,26,28);2*1H. The van der Waals surface area contributed by atoms with Gasteiger partial charge in [0.25, 0.3) is 0 Å². The van der Waals surface area contributed by atoms with Gasteiger partial charge in [-0.15, -0.1) is 24.8 Å². The zero-order valence-electron chi connectivity index (χ0n) is 17.2. The van der Waals surface area contributed by atoms with Crippen molar-refractivity contribution in [2.24, 2.45) is 17.6 Å². The lowest BCUT2D eigenvalue weighted by Crippen LogP contribution is -2.55. The summed E-state index contributed by atoms with van der Waals surface area (Å²) in [4.78, 5) is 19.3. The molecule has 2 aliphatic rings. The SMILES string of the molecule is Cl.Cl.NC1CC2CCCC(C1)C2NC(=O)CN(Cc1cccnc1)c1ccccc1. The molecule has 1 amide bonds. The van der Waals surface area contributed by atoms with Crippen molar-refractivity contribution in [3.8, 4) is 0 Å². The van der Waals surface area contributed by atoms with Crippen LogP contribution in [0.25, 0.3) is 0 Å². The Morgan fingerprint density at radius 3 is 2.40 bits per heavy atom. The number of benzene rings is 1. The number of para-hydroxylation sites is 1. The zero-order valence-corrected chi connectivity index (χ0v) is 18.8. The Bertz CT molecular complexity index is 763. The molecule has 2 unspecified atom stereocenters. The quantitative estimate of drug-likeness (QED) is 0.698. The molecule has 2 aromatic rings. The van der Waals surface area contributed by atoms with E-state index in [0.717, 1.165) is 24.1 Å². The van der Waals surface area contributed by atoms with Gasteiger partial charge in [-0.05, 0) is 61.3 Å². The van der Waals surface area contributed by atoms with Crippen LogP contribution in [-0.2, 0) is 11.3 Å². The summed E-state index contributed by atoms with van der Waals surface area (Å²) in [5.41, 5.74) is 8.38. The highest BCUT2D eigenvalue weighted by molar-refractivity contribution is 5.85. The highest BCUT2D eigenvalue weighted by atomic mass is 35.5. The maximum atomic E-state index is 13.0. The second kappa shape index (κ2) is 11.5. The predicted octanol–water partition coefficient (Wildman–Crippen LogP) is 3.95. The van der Waals surface area contributed by atoms with E-state index < -0.39 is 0 Å². The van der Waals surface area contributed by atoms with Gasteiger partial charge in [0, 0.05) is 36.7 Å². The number of nitrogens with one attached hydrogen (secondary N) is 1. The Hall–Kier alpha value is -1.82. The van der Waals surface area contributed by atoms with Crippen LogP contribution in [0.5, 0.6) is 0 Å². The van der Waals surface area contributed by atoms with Crippen molar-refractivity contribution in [1.29, 1.82) is 0 Å². The molecule has 2 aliphatic carbocycles. The molecular weight excluding hydrogens is 419 g/mol. The molecule has 3 N–H and O–H groups in total. The highest BCUT2D eigenvalue weighted by Gasteiger charge is 2.39. The molecule has 7 heteroatoms. The van der Waals surface area contributed by atoms with Crippen LogP contribution in [0.15, 0.2) is 54.9 Å². The van der Waals surface area contributed by atoms with Crippen LogP contribution < -0.4 is 16.0 Å². The summed E-state index contributed by atoms with van der Waals surface area (Å²) < 4.78 is 0. The van der Waals surface area contributed by atoms with Crippen LogP contribution in [0.4, 0.5) is 5.69 Å². The van der Waals surface area contributed by atoms with Crippen molar-refractivity contribution >= 4 is 36.4 Å². The van der Waals surface area contributed by atoms with E-state index in [1.54, 1.807) is 6.20 Å². The molecule has 0 saturated heterocycles. The fourth-order valence-corrected chi connectivity index (χ4v) is 5.02. The number of aromatic nitrogens is 1. The van der Waals surface area contributed by atoms with Gasteiger partial charge in [0.05, 0.1) is 6.54 Å². The minimum absolute atomic E-state index is 0. The van der Waals surface area contributed by atoms with E-state index in [2.05, 4.69) is 27.3 Å². The second-order valence-corrected chi connectivity index (χ2v) is 8.33. The number of carbonyl (C=O) groups excluding carboxylic acids is 1. The van der Waals surface area contributed by atoms with Crippen molar-refractivity contribution in [2.75, 3.05) is 11.4 Å². The Kier molecular flexibility index (Phi) is 9.40. The minimum Gasteiger partial charge on any atom is -0.358 e. The second-order valence-electron chi connectivity index (χ2n) is 8.33. The number of amides is 1. The Balaban J connectivity index is 0.00000160. The van der Waals surface area contributed by atoms with Crippen LogP contribution in [0.3, 0.4) is 0 Å². The third-order valence-electron chi connectivity index (χ3n) is 6.26. The van der Waals surface area contributed by atoms with E-state index in [9.17, 15) is 4.79 Å². The number of nitrogens with zero attached hydrogens (tertiary/aromatic N) is 2. The Morgan fingerprint density at radius 2 is 1.77 bits per heavy atom. The van der Waals surface area contributed by atoms with Gasteiger partial charge < -0.3 is 16.0 Å².